The van der Waals surface area contributed by atoms with Crippen molar-refractivity contribution in [2.45, 2.75) is 20.0 Å². The molecule has 8 nitrogen and oxygen atoms in total. The first-order valence-electron chi connectivity index (χ1n) is 9.84. The van der Waals surface area contributed by atoms with Crippen LogP contribution in [-0.4, -0.2) is 48.5 Å². The van der Waals surface area contributed by atoms with E-state index in [2.05, 4.69) is 10.4 Å². The molecule has 0 fully saturated rings. The number of benzene rings is 2. The van der Waals surface area contributed by atoms with Crippen molar-refractivity contribution in [1.82, 2.24) is 15.1 Å². The SMILES string of the molecule is CCNC(=O)[C@H](C)OC(=O)c1cn(-c2ccccc2)nc1-c1ccc(OC)c(OC)c1. The number of carbonyl (C=O) groups is 2. The number of aromatic nitrogens is 2. The van der Waals surface area contributed by atoms with E-state index in [1.165, 1.54) is 14.0 Å². The maximum absolute atomic E-state index is 13.0. The lowest BCUT2D eigenvalue weighted by molar-refractivity contribution is -0.128. The van der Waals surface area contributed by atoms with Gasteiger partial charge in [-0.25, -0.2) is 9.48 Å². The van der Waals surface area contributed by atoms with Gasteiger partial charge in [0.1, 0.15) is 11.3 Å². The van der Waals surface area contributed by atoms with Crippen molar-refractivity contribution < 1.29 is 23.8 Å². The highest BCUT2D eigenvalue weighted by Crippen LogP contribution is 2.33. The Bertz CT molecular complexity index is 1060. The number of likely N-dealkylation sites (N-methyl/N-ethyl adjacent to an activating group) is 1. The molecular formula is C23H25N3O5. The number of ether oxygens (including phenoxy) is 3. The molecule has 1 N–H and O–H groups in total. The zero-order valence-corrected chi connectivity index (χ0v) is 17.9. The molecule has 1 atom stereocenters. The largest absolute Gasteiger partial charge is 0.493 e. The molecule has 0 bridgehead atoms. The highest BCUT2D eigenvalue weighted by Gasteiger charge is 2.24. The number of amides is 1. The molecule has 0 saturated carbocycles. The molecule has 2 aromatic carbocycles. The van der Waals surface area contributed by atoms with Crippen molar-refractivity contribution in [3.63, 3.8) is 0 Å². The fourth-order valence-electron chi connectivity index (χ4n) is 3.03. The van der Waals surface area contributed by atoms with Gasteiger partial charge in [0.05, 0.1) is 19.9 Å². The molecular weight excluding hydrogens is 398 g/mol. The molecule has 0 aliphatic rings. The number of nitrogens with one attached hydrogen (secondary N) is 1. The van der Waals surface area contributed by atoms with Crippen molar-refractivity contribution >= 4 is 11.9 Å². The topological polar surface area (TPSA) is 91.7 Å². The Hall–Kier alpha value is -3.81. The van der Waals surface area contributed by atoms with Crippen LogP contribution in [0.1, 0.15) is 24.2 Å². The highest BCUT2D eigenvalue weighted by molar-refractivity contribution is 5.97. The molecule has 31 heavy (non-hydrogen) atoms. The summed E-state index contributed by atoms with van der Waals surface area (Å²) in [6, 6.07) is 14.7. The summed E-state index contributed by atoms with van der Waals surface area (Å²) in [4.78, 5) is 25.0. The molecule has 1 heterocycles. The highest BCUT2D eigenvalue weighted by atomic mass is 16.5. The average molecular weight is 423 g/mol. The number of hydrogen-bond donors (Lipinski definition) is 1. The molecule has 3 rings (SSSR count). The third kappa shape index (κ3) is 4.85. The van der Waals surface area contributed by atoms with Gasteiger partial charge >= 0.3 is 5.97 Å². The average Bonchev–Trinajstić information content (AvgIpc) is 3.25. The zero-order chi connectivity index (χ0) is 22.4. The van der Waals surface area contributed by atoms with E-state index in [-0.39, 0.29) is 11.5 Å². The Balaban J connectivity index is 2.04. The van der Waals surface area contributed by atoms with Crippen LogP contribution in [0.3, 0.4) is 0 Å². The Morgan fingerprint density at radius 2 is 1.77 bits per heavy atom. The monoisotopic (exact) mass is 423 g/mol. The van der Waals surface area contributed by atoms with Crippen LogP contribution in [0.15, 0.2) is 54.7 Å². The number of methoxy groups -OCH3 is 2. The summed E-state index contributed by atoms with van der Waals surface area (Å²) >= 11 is 0. The normalized spacial score (nSPS) is 11.5. The van der Waals surface area contributed by atoms with E-state index in [9.17, 15) is 9.59 Å². The second-order valence-electron chi connectivity index (χ2n) is 6.68. The third-order valence-electron chi connectivity index (χ3n) is 4.62. The van der Waals surface area contributed by atoms with Gasteiger partial charge in [-0.2, -0.15) is 5.10 Å². The zero-order valence-electron chi connectivity index (χ0n) is 17.9. The number of para-hydroxylation sites is 1. The van der Waals surface area contributed by atoms with Gasteiger partial charge in [0.2, 0.25) is 0 Å². The van der Waals surface area contributed by atoms with Gasteiger partial charge in [-0.15, -0.1) is 0 Å². The van der Waals surface area contributed by atoms with Crippen LogP contribution in [-0.2, 0) is 9.53 Å². The van der Waals surface area contributed by atoms with E-state index in [4.69, 9.17) is 14.2 Å². The molecule has 0 radical (unpaired) electrons. The standard InChI is InChI=1S/C23H25N3O5/c1-5-24-22(27)15(2)31-23(28)18-14-26(17-9-7-6-8-10-17)25-21(18)16-11-12-19(29-3)20(13-16)30-4/h6-15H,5H2,1-4H3,(H,24,27)/t15-/m0/s1. The van der Waals surface area contributed by atoms with E-state index >= 15 is 0 Å². The quantitative estimate of drug-likeness (QED) is 0.560. The fraction of sp³-hybridized carbons (Fsp3) is 0.261. The molecule has 0 saturated heterocycles. The number of hydrogen-bond acceptors (Lipinski definition) is 6. The first kappa shape index (κ1) is 21.9. The van der Waals surface area contributed by atoms with Crippen LogP contribution >= 0.6 is 0 Å². The lowest BCUT2D eigenvalue weighted by Crippen LogP contribution is -2.35. The Kier molecular flexibility index (Phi) is 6.92. The first-order chi connectivity index (χ1) is 15.0. The Morgan fingerprint density at radius 1 is 1.06 bits per heavy atom. The van der Waals surface area contributed by atoms with Crippen LogP contribution in [0, 0.1) is 0 Å². The summed E-state index contributed by atoms with van der Waals surface area (Å²) in [5.41, 5.74) is 2.05. The fourth-order valence-corrected chi connectivity index (χ4v) is 3.03. The first-order valence-corrected chi connectivity index (χ1v) is 9.84. The molecule has 8 heteroatoms. The van der Waals surface area contributed by atoms with Crippen molar-refractivity contribution in [2.75, 3.05) is 20.8 Å². The second-order valence-corrected chi connectivity index (χ2v) is 6.68. The molecule has 0 aliphatic carbocycles. The van der Waals surface area contributed by atoms with Gasteiger partial charge in [-0.3, -0.25) is 4.79 Å². The van der Waals surface area contributed by atoms with Crippen LogP contribution in [0.5, 0.6) is 11.5 Å². The van der Waals surface area contributed by atoms with E-state index in [0.29, 0.717) is 29.3 Å². The molecule has 1 amide bonds. The maximum Gasteiger partial charge on any atom is 0.342 e. The van der Waals surface area contributed by atoms with Crippen molar-refractivity contribution in [1.29, 1.82) is 0 Å². The van der Waals surface area contributed by atoms with Crippen LogP contribution < -0.4 is 14.8 Å². The molecule has 0 spiro atoms. The molecule has 0 aliphatic heterocycles. The minimum absolute atomic E-state index is 0.229. The van der Waals surface area contributed by atoms with Crippen LogP contribution in [0.4, 0.5) is 0 Å². The summed E-state index contributed by atoms with van der Waals surface area (Å²) in [5, 5.41) is 7.25. The lowest BCUT2D eigenvalue weighted by Gasteiger charge is -2.13. The van der Waals surface area contributed by atoms with Gasteiger partial charge in [0.25, 0.3) is 5.91 Å². The van der Waals surface area contributed by atoms with Gasteiger partial charge in [0, 0.05) is 18.3 Å². The summed E-state index contributed by atoms with van der Waals surface area (Å²) in [7, 11) is 3.08. The second kappa shape index (κ2) is 9.80. The molecule has 1 aromatic heterocycles. The van der Waals surface area contributed by atoms with Gasteiger partial charge in [0.15, 0.2) is 17.6 Å². The third-order valence-corrected chi connectivity index (χ3v) is 4.62. The summed E-state index contributed by atoms with van der Waals surface area (Å²) in [5.74, 6) is 0.0525. The van der Waals surface area contributed by atoms with Crippen molar-refractivity contribution in [2.24, 2.45) is 0 Å². The number of rotatable bonds is 8. The van der Waals surface area contributed by atoms with Gasteiger partial charge in [-0.1, -0.05) is 18.2 Å². The predicted octanol–water partition coefficient (Wildman–Crippen LogP) is 3.24. The Labute approximate surface area is 180 Å². The van der Waals surface area contributed by atoms with E-state index in [1.54, 1.807) is 43.1 Å². The predicted molar refractivity (Wildman–Crippen MR) is 116 cm³/mol. The lowest BCUT2D eigenvalue weighted by atomic mass is 10.1. The summed E-state index contributed by atoms with van der Waals surface area (Å²) in [6.07, 6.45) is 0.652. The van der Waals surface area contributed by atoms with Crippen molar-refractivity contribution in [3.05, 3.63) is 60.3 Å². The number of esters is 1. The van der Waals surface area contributed by atoms with E-state index in [1.807, 2.05) is 30.3 Å². The minimum atomic E-state index is -0.939. The van der Waals surface area contributed by atoms with Crippen LogP contribution in [0.25, 0.3) is 16.9 Å². The maximum atomic E-state index is 13.0. The smallest absolute Gasteiger partial charge is 0.342 e. The molecule has 0 unspecified atom stereocenters. The van der Waals surface area contributed by atoms with Crippen LogP contribution in [0.2, 0.25) is 0 Å². The minimum Gasteiger partial charge on any atom is -0.493 e. The number of nitrogens with zero attached hydrogens (tertiary/aromatic N) is 2. The van der Waals surface area contributed by atoms with E-state index in [0.717, 1.165) is 5.69 Å². The molecule has 162 valence electrons. The van der Waals surface area contributed by atoms with E-state index < -0.39 is 12.1 Å². The summed E-state index contributed by atoms with van der Waals surface area (Å²) < 4.78 is 17.7. The van der Waals surface area contributed by atoms with Gasteiger partial charge < -0.3 is 19.5 Å². The van der Waals surface area contributed by atoms with Gasteiger partial charge in [-0.05, 0) is 44.2 Å². The Morgan fingerprint density at radius 3 is 2.42 bits per heavy atom. The number of carbonyl (C=O) groups excluding carboxylic acids is 2. The van der Waals surface area contributed by atoms with Crippen molar-refractivity contribution in [3.8, 4) is 28.4 Å². The molecule has 3 aromatic rings. The summed E-state index contributed by atoms with van der Waals surface area (Å²) in [6.45, 7) is 3.77.